The summed E-state index contributed by atoms with van der Waals surface area (Å²) in [6, 6.07) is 14.2. The summed E-state index contributed by atoms with van der Waals surface area (Å²) in [5, 5.41) is 4.12. The first kappa shape index (κ1) is 14.4. The zero-order valence-corrected chi connectivity index (χ0v) is 12.2. The minimum atomic E-state index is -0.333. The third-order valence-corrected chi connectivity index (χ3v) is 3.32. The molecule has 0 amide bonds. The Labute approximate surface area is 128 Å². The molecular weight excluding hydrogens is 281 g/mol. The van der Waals surface area contributed by atoms with Gasteiger partial charge in [-0.25, -0.2) is 14.4 Å². The first-order valence-corrected chi connectivity index (χ1v) is 7.04. The van der Waals surface area contributed by atoms with Gasteiger partial charge in [-0.3, -0.25) is 0 Å². The summed E-state index contributed by atoms with van der Waals surface area (Å²) in [7, 11) is 1.64. The summed E-state index contributed by atoms with van der Waals surface area (Å²) in [5.74, 6) is 0.721. The molecule has 5 heteroatoms. The molecule has 0 unspecified atom stereocenters. The Morgan fingerprint density at radius 2 is 1.82 bits per heavy atom. The van der Waals surface area contributed by atoms with Crippen LogP contribution in [-0.4, -0.2) is 30.2 Å². The number of anilines is 1. The topological polar surface area (TPSA) is 47.0 Å². The van der Waals surface area contributed by atoms with Gasteiger partial charge in [-0.2, -0.15) is 0 Å². The van der Waals surface area contributed by atoms with Crippen molar-refractivity contribution in [3.8, 4) is 11.4 Å². The fourth-order valence-electron chi connectivity index (χ4n) is 2.25. The number of aromatic nitrogens is 2. The Bertz CT molecular complexity index is 792. The molecule has 0 atom stereocenters. The van der Waals surface area contributed by atoms with E-state index in [0.29, 0.717) is 30.4 Å². The molecule has 1 aromatic heterocycles. The second-order valence-electron chi connectivity index (χ2n) is 4.81. The number of fused-ring (bicyclic) bond motifs is 1. The molecule has 0 radical (unpaired) electrons. The number of rotatable bonds is 5. The zero-order valence-electron chi connectivity index (χ0n) is 12.2. The highest BCUT2D eigenvalue weighted by atomic mass is 19.1. The number of halogens is 1. The molecule has 0 spiro atoms. The van der Waals surface area contributed by atoms with E-state index in [2.05, 4.69) is 15.3 Å². The molecule has 0 aliphatic rings. The second-order valence-corrected chi connectivity index (χ2v) is 4.81. The Kier molecular flexibility index (Phi) is 4.25. The van der Waals surface area contributed by atoms with E-state index in [1.807, 2.05) is 24.3 Å². The van der Waals surface area contributed by atoms with Crippen molar-refractivity contribution in [2.75, 3.05) is 25.6 Å². The van der Waals surface area contributed by atoms with Crippen LogP contribution < -0.4 is 5.32 Å². The van der Waals surface area contributed by atoms with Crippen LogP contribution in [0.15, 0.2) is 48.5 Å². The van der Waals surface area contributed by atoms with Crippen molar-refractivity contribution in [2.24, 2.45) is 0 Å². The lowest BCUT2D eigenvalue weighted by Crippen LogP contribution is -2.10. The molecule has 112 valence electrons. The quantitative estimate of drug-likeness (QED) is 0.732. The fraction of sp³-hybridized carbons (Fsp3) is 0.176. The molecule has 3 aromatic rings. The summed E-state index contributed by atoms with van der Waals surface area (Å²) >= 11 is 0. The second kappa shape index (κ2) is 6.49. The molecule has 4 nitrogen and oxygen atoms in total. The Morgan fingerprint density at radius 3 is 2.64 bits per heavy atom. The SMILES string of the molecule is COCCNc1nc(-c2ccccc2F)nc2ccccc12. The van der Waals surface area contributed by atoms with Crippen molar-refractivity contribution in [3.05, 3.63) is 54.3 Å². The molecule has 0 aliphatic carbocycles. The van der Waals surface area contributed by atoms with Gasteiger partial charge in [0, 0.05) is 19.0 Å². The van der Waals surface area contributed by atoms with Gasteiger partial charge in [0.2, 0.25) is 0 Å². The number of hydrogen-bond acceptors (Lipinski definition) is 4. The van der Waals surface area contributed by atoms with Crippen LogP contribution in [0.1, 0.15) is 0 Å². The predicted molar refractivity (Wildman–Crippen MR) is 85.3 cm³/mol. The van der Waals surface area contributed by atoms with Gasteiger partial charge in [-0.1, -0.05) is 24.3 Å². The molecule has 0 fully saturated rings. The summed E-state index contributed by atoms with van der Waals surface area (Å²) in [6.07, 6.45) is 0. The number of hydrogen-bond donors (Lipinski definition) is 1. The van der Waals surface area contributed by atoms with Crippen LogP contribution in [0.4, 0.5) is 10.2 Å². The predicted octanol–water partition coefficient (Wildman–Crippen LogP) is 3.49. The van der Waals surface area contributed by atoms with Gasteiger partial charge in [-0.05, 0) is 24.3 Å². The number of para-hydroxylation sites is 1. The van der Waals surface area contributed by atoms with E-state index in [9.17, 15) is 4.39 Å². The molecule has 0 saturated heterocycles. The van der Waals surface area contributed by atoms with Crippen LogP contribution in [-0.2, 0) is 4.74 Å². The van der Waals surface area contributed by atoms with E-state index >= 15 is 0 Å². The zero-order chi connectivity index (χ0) is 15.4. The minimum absolute atomic E-state index is 0.333. The number of methoxy groups -OCH3 is 1. The van der Waals surface area contributed by atoms with Crippen molar-refractivity contribution in [1.82, 2.24) is 9.97 Å². The van der Waals surface area contributed by atoms with Crippen LogP contribution in [0.25, 0.3) is 22.3 Å². The molecule has 22 heavy (non-hydrogen) atoms. The highest BCUT2D eigenvalue weighted by Gasteiger charge is 2.11. The fourth-order valence-corrected chi connectivity index (χ4v) is 2.25. The van der Waals surface area contributed by atoms with Crippen LogP contribution in [0, 0.1) is 5.82 Å². The van der Waals surface area contributed by atoms with Crippen molar-refractivity contribution < 1.29 is 9.13 Å². The molecule has 3 rings (SSSR count). The molecule has 1 N–H and O–H groups in total. The average Bonchev–Trinajstić information content (AvgIpc) is 2.55. The Balaban J connectivity index is 2.10. The minimum Gasteiger partial charge on any atom is -0.383 e. The molecule has 0 saturated carbocycles. The smallest absolute Gasteiger partial charge is 0.165 e. The van der Waals surface area contributed by atoms with Crippen LogP contribution in [0.3, 0.4) is 0 Å². The van der Waals surface area contributed by atoms with Gasteiger partial charge in [0.15, 0.2) is 5.82 Å². The van der Waals surface area contributed by atoms with Crippen molar-refractivity contribution in [1.29, 1.82) is 0 Å². The molecule has 0 bridgehead atoms. The average molecular weight is 297 g/mol. The summed E-state index contributed by atoms with van der Waals surface area (Å²) in [4.78, 5) is 8.96. The summed E-state index contributed by atoms with van der Waals surface area (Å²) in [6.45, 7) is 1.18. The largest absolute Gasteiger partial charge is 0.383 e. The standard InChI is InChI=1S/C17H16FN3O/c1-22-11-10-19-16-13-7-3-5-9-15(13)20-17(21-16)12-6-2-4-8-14(12)18/h2-9H,10-11H2,1H3,(H,19,20,21). The van der Waals surface area contributed by atoms with Gasteiger partial charge >= 0.3 is 0 Å². The number of ether oxygens (including phenoxy) is 1. The van der Waals surface area contributed by atoms with Crippen molar-refractivity contribution in [2.45, 2.75) is 0 Å². The van der Waals surface area contributed by atoms with E-state index < -0.39 is 0 Å². The van der Waals surface area contributed by atoms with Crippen LogP contribution in [0.5, 0.6) is 0 Å². The third kappa shape index (κ3) is 2.89. The monoisotopic (exact) mass is 297 g/mol. The molecular formula is C17H16FN3O. The lowest BCUT2D eigenvalue weighted by molar-refractivity contribution is 0.210. The number of benzene rings is 2. The van der Waals surface area contributed by atoms with Crippen molar-refractivity contribution >= 4 is 16.7 Å². The molecule has 0 aliphatic heterocycles. The lowest BCUT2D eigenvalue weighted by Gasteiger charge is -2.11. The van der Waals surface area contributed by atoms with Gasteiger partial charge in [0.1, 0.15) is 11.6 Å². The maximum Gasteiger partial charge on any atom is 0.165 e. The molecule has 2 aromatic carbocycles. The summed E-state index contributed by atoms with van der Waals surface area (Å²) in [5.41, 5.74) is 1.17. The van der Waals surface area contributed by atoms with Crippen LogP contribution in [0.2, 0.25) is 0 Å². The van der Waals surface area contributed by atoms with Gasteiger partial charge in [0.25, 0.3) is 0 Å². The van der Waals surface area contributed by atoms with E-state index in [-0.39, 0.29) is 5.82 Å². The lowest BCUT2D eigenvalue weighted by atomic mass is 10.1. The Morgan fingerprint density at radius 1 is 1.05 bits per heavy atom. The summed E-state index contributed by atoms with van der Waals surface area (Å²) < 4.78 is 19.0. The van der Waals surface area contributed by atoms with E-state index in [1.165, 1.54) is 6.07 Å². The Hall–Kier alpha value is -2.53. The maximum absolute atomic E-state index is 14.0. The maximum atomic E-state index is 14.0. The highest BCUT2D eigenvalue weighted by Crippen LogP contribution is 2.26. The first-order chi connectivity index (χ1) is 10.8. The third-order valence-electron chi connectivity index (χ3n) is 3.32. The number of nitrogens with one attached hydrogen (secondary N) is 1. The van der Waals surface area contributed by atoms with Crippen molar-refractivity contribution in [3.63, 3.8) is 0 Å². The van der Waals surface area contributed by atoms with Crippen LogP contribution >= 0.6 is 0 Å². The van der Waals surface area contributed by atoms with E-state index in [4.69, 9.17) is 4.74 Å². The molecule has 1 heterocycles. The van der Waals surface area contributed by atoms with Gasteiger partial charge in [0.05, 0.1) is 17.7 Å². The van der Waals surface area contributed by atoms with Gasteiger partial charge in [-0.15, -0.1) is 0 Å². The van der Waals surface area contributed by atoms with E-state index in [0.717, 1.165) is 10.9 Å². The van der Waals surface area contributed by atoms with E-state index in [1.54, 1.807) is 25.3 Å². The normalized spacial score (nSPS) is 10.8. The first-order valence-electron chi connectivity index (χ1n) is 7.04. The highest BCUT2D eigenvalue weighted by molar-refractivity contribution is 5.90. The number of nitrogens with zero attached hydrogens (tertiary/aromatic N) is 2. The van der Waals surface area contributed by atoms with Gasteiger partial charge < -0.3 is 10.1 Å².